The number of esters is 1. The number of carbonyl (C=O) groups is 3. The van der Waals surface area contributed by atoms with Crippen LogP contribution >= 0.6 is 0 Å². The van der Waals surface area contributed by atoms with Crippen LogP contribution in [0.3, 0.4) is 0 Å². The Bertz CT molecular complexity index is 1930. The summed E-state index contributed by atoms with van der Waals surface area (Å²) in [5, 5.41) is 14.6. The number of amides is 1. The second-order valence-electron chi connectivity index (χ2n) is 9.23. The number of carboxylic acid groups (broad SMARTS) is 1. The fourth-order valence-corrected chi connectivity index (χ4v) is 4.00. The molecule has 0 atom stereocenters. The monoisotopic (exact) mass is 619 g/mol. The van der Waals surface area contributed by atoms with Gasteiger partial charge in [-0.3, -0.25) is 18.8 Å². The summed E-state index contributed by atoms with van der Waals surface area (Å²) in [4.78, 5) is 65.4. The number of carboxylic acids is 1. The normalized spacial score (nSPS) is 10.4. The molecule has 2 aromatic heterocycles. The molecule has 1 amide bonds. The van der Waals surface area contributed by atoms with Crippen molar-refractivity contribution in [3.8, 4) is 0 Å². The molecule has 5 rings (SSSR count). The highest BCUT2D eigenvalue weighted by atomic mass is 19.1. The summed E-state index contributed by atoms with van der Waals surface area (Å²) in [6, 6.07) is 12.3. The van der Waals surface area contributed by atoms with Crippen LogP contribution in [0.5, 0.6) is 0 Å². The van der Waals surface area contributed by atoms with E-state index in [1.165, 1.54) is 42.1 Å². The average molecular weight is 620 g/mol. The first kappa shape index (κ1) is 33.5. The number of nitrogens with two attached hydrogens (primary N) is 2. The van der Waals surface area contributed by atoms with E-state index in [0.717, 1.165) is 11.6 Å². The van der Waals surface area contributed by atoms with Crippen molar-refractivity contribution in [3.05, 3.63) is 121 Å². The van der Waals surface area contributed by atoms with Crippen molar-refractivity contribution >= 4 is 35.0 Å². The molecule has 0 bridgehead atoms. The van der Waals surface area contributed by atoms with E-state index in [0.29, 0.717) is 17.7 Å². The molecule has 234 valence electrons. The Morgan fingerprint density at radius 1 is 1.02 bits per heavy atom. The summed E-state index contributed by atoms with van der Waals surface area (Å²) >= 11 is 0. The molecular formula is C30H30FN7O7. The third-order valence-electron chi connectivity index (χ3n) is 6.40. The van der Waals surface area contributed by atoms with Gasteiger partial charge in [-0.05, 0) is 35.4 Å². The Kier molecular flexibility index (Phi) is 10.8. The highest BCUT2D eigenvalue weighted by Gasteiger charge is 2.19. The van der Waals surface area contributed by atoms with Crippen LogP contribution in [-0.4, -0.2) is 44.4 Å². The van der Waals surface area contributed by atoms with E-state index < -0.39 is 28.6 Å². The molecule has 0 unspecified atom stereocenters. The molecule has 3 aromatic carbocycles. The van der Waals surface area contributed by atoms with E-state index in [2.05, 4.69) is 25.3 Å². The lowest BCUT2D eigenvalue weighted by Crippen LogP contribution is -2.37. The van der Waals surface area contributed by atoms with Crippen LogP contribution < -0.4 is 33.0 Å². The number of carbonyl (C=O) groups excluding carboxylic acids is 2. The minimum absolute atomic E-state index is 0. The average Bonchev–Trinajstić information content (AvgIpc) is 3.52. The van der Waals surface area contributed by atoms with Crippen LogP contribution in [0.25, 0.3) is 5.78 Å². The molecular weight excluding hydrogens is 589 g/mol. The van der Waals surface area contributed by atoms with Gasteiger partial charge in [-0.25, -0.2) is 23.9 Å². The number of halogens is 1. The fourth-order valence-electron chi connectivity index (χ4n) is 4.00. The van der Waals surface area contributed by atoms with Crippen molar-refractivity contribution in [1.29, 1.82) is 0 Å². The number of ether oxygens (including phenoxy) is 1. The summed E-state index contributed by atoms with van der Waals surface area (Å²) in [7, 11) is 1.36. The number of rotatable bonds is 9. The Morgan fingerprint density at radius 3 is 2.33 bits per heavy atom. The lowest BCUT2D eigenvalue weighted by molar-refractivity contribution is 0.0599. The van der Waals surface area contributed by atoms with Gasteiger partial charge in [0.05, 0.1) is 12.7 Å². The number of benzene rings is 2. The second kappa shape index (κ2) is 14.5. The molecule has 0 aliphatic carbocycles. The molecule has 14 nitrogen and oxygen atoms in total. The number of hydrogen-bond donors (Lipinski definition) is 5. The van der Waals surface area contributed by atoms with Gasteiger partial charge in [0.1, 0.15) is 28.6 Å². The first-order valence-electron chi connectivity index (χ1n) is 12.9. The molecule has 0 saturated carbocycles. The smallest absolute Gasteiger partial charge is 0.353 e. The highest BCUT2D eigenvalue weighted by Crippen LogP contribution is 2.16. The van der Waals surface area contributed by atoms with Gasteiger partial charge in [-0.2, -0.15) is 0 Å². The Morgan fingerprint density at radius 2 is 1.71 bits per heavy atom. The van der Waals surface area contributed by atoms with Crippen LogP contribution in [-0.2, 0) is 24.4 Å². The van der Waals surface area contributed by atoms with Crippen molar-refractivity contribution in [3.63, 3.8) is 0 Å². The van der Waals surface area contributed by atoms with Crippen LogP contribution in [0.4, 0.5) is 15.8 Å². The highest BCUT2D eigenvalue weighted by molar-refractivity contribution is 5.95. The number of imidazole rings is 1. The van der Waals surface area contributed by atoms with Crippen molar-refractivity contribution in [1.82, 2.24) is 19.7 Å². The standard InChI is InChI=1S/C20H15FN6O5.C9H11NO2.CH4/c21-11-2-1-9(5-10(11)8-24-15-14(22)16(28)17(15)29)7-25-18(30)12-6-13(19(31)32)27-4-3-23-20(27)26-12;1-12-9(11)8-4-2-7(6-10)3-5-8;/h1-6,24H,7-8,22H2,(H,25,30)(H,31,32);2-5H,6,10H2,1H3;1H4. The van der Waals surface area contributed by atoms with Crippen LogP contribution in [0, 0.1) is 5.82 Å². The predicted molar refractivity (Wildman–Crippen MR) is 163 cm³/mol. The van der Waals surface area contributed by atoms with E-state index in [4.69, 9.17) is 11.5 Å². The number of nitrogens with one attached hydrogen (secondary N) is 2. The van der Waals surface area contributed by atoms with Crippen LogP contribution in [0.15, 0.2) is 70.5 Å². The van der Waals surface area contributed by atoms with Crippen molar-refractivity contribution in [2.24, 2.45) is 5.73 Å². The van der Waals surface area contributed by atoms with E-state index in [1.807, 2.05) is 12.1 Å². The van der Waals surface area contributed by atoms with Gasteiger partial charge in [0.2, 0.25) is 5.78 Å². The molecule has 5 aromatic rings. The van der Waals surface area contributed by atoms with Gasteiger partial charge in [0.15, 0.2) is 0 Å². The summed E-state index contributed by atoms with van der Waals surface area (Å²) < 4.78 is 19.9. The molecule has 7 N–H and O–H groups in total. The third kappa shape index (κ3) is 7.52. The van der Waals surface area contributed by atoms with Gasteiger partial charge in [-0.1, -0.05) is 25.6 Å². The summed E-state index contributed by atoms with van der Waals surface area (Å²) in [5.74, 6) is -2.70. The molecule has 2 heterocycles. The molecule has 0 aliphatic rings. The minimum Gasteiger partial charge on any atom is -0.477 e. The van der Waals surface area contributed by atoms with E-state index in [1.54, 1.807) is 12.1 Å². The molecule has 0 aliphatic heterocycles. The van der Waals surface area contributed by atoms with E-state index in [-0.39, 0.29) is 60.6 Å². The van der Waals surface area contributed by atoms with Crippen LogP contribution in [0.1, 0.15) is 55.5 Å². The van der Waals surface area contributed by atoms with Crippen molar-refractivity contribution < 1.29 is 28.6 Å². The summed E-state index contributed by atoms with van der Waals surface area (Å²) in [6.45, 7) is 0.391. The Balaban J connectivity index is 0.000000359. The number of aromatic carboxylic acids is 1. The molecule has 0 radical (unpaired) electrons. The molecule has 45 heavy (non-hydrogen) atoms. The van der Waals surface area contributed by atoms with E-state index in [9.17, 15) is 33.5 Å². The second-order valence-corrected chi connectivity index (χ2v) is 9.23. The number of hydrogen-bond acceptors (Lipinski definition) is 11. The maximum absolute atomic E-state index is 14.1. The first-order chi connectivity index (χ1) is 21.0. The fraction of sp³-hybridized carbons (Fsp3) is 0.167. The van der Waals surface area contributed by atoms with Crippen molar-refractivity contribution in [2.45, 2.75) is 27.1 Å². The Hall–Kier alpha value is -5.96. The zero-order valence-electron chi connectivity index (χ0n) is 23.2. The van der Waals surface area contributed by atoms with Gasteiger partial charge < -0.3 is 31.9 Å². The molecule has 0 fully saturated rings. The third-order valence-corrected chi connectivity index (χ3v) is 6.40. The van der Waals surface area contributed by atoms with Gasteiger partial charge >= 0.3 is 11.9 Å². The molecule has 0 spiro atoms. The molecule has 0 saturated heterocycles. The first-order valence-corrected chi connectivity index (χ1v) is 12.9. The maximum Gasteiger partial charge on any atom is 0.353 e. The largest absolute Gasteiger partial charge is 0.477 e. The zero-order chi connectivity index (χ0) is 32.0. The van der Waals surface area contributed by atoms with Gasteiger partial charge in [0.25, 0.3) is 16.8 Å². The number of methoxy groups -OCH3 is 1. The maximum atomic E-state index is 14.1. The Labute approximate surface area is 255 Å². The number of fused-ring (bicyclic) bond motifs is 1. The number of nitrogen functional groups attached to an aromatic ring is 1. The minimum atomic E-state index is -1.25. The topological polar surface area (TPSA) is 221 Å². The zero-order valence-corrected chi connectivity index (χ0v) is 23.2. The lowest BCUT2D eigenvalue weighted by Gasteiger charge is -2.12. The predicted octanol–water partition coefficient (Wildman–Crippen LogP) is 1.85. The van der Waals surface area contributed by atoms with Crippen molar-refractivity contribution in [2.75, 3.05) is 18.2 Å². The van der Waals surface area contributed by atoms with E-state index >= 15 is 0 Å². The van der Waals surface area contributed by atoms with Gasteiger partial charge in [0, 0.05) is 43.7 Å². The number of nitrogens with zero attached hydrogens (tertiary/aromatic N) is 3. The molecule has 15 heteroatoms. The number of anilines is 2. The lowest BCUT2D eigenvalue weighted by atomic mass is 10.1. The van der Waals surface area contributed by atoms with Gasteiger partial charge in [-0.15, -0.1) is 0 Å². The SMILES string of the molecule is C.COC(=O)c1ccc(CN)cc1.Nc1c(NCc2cc(CNC(=O)c3cc(C(=O)O)n4ccnc4n3)ccc2F)c(=O)c1=O. The number of aromatic nitrogens is 3. The summed E-state index contributed by atoms with van der Waals surface area (Å²) in [5.41, 5.74) is 11.0. The summed E-state index contributed by atoms with van der Waals surface area (Å²) in [6.07, 6.45) is 2.78. The quantitative estimate of drug-likeness (QED) is 0.118. The van der Waals surface area contributed by atoms with Crippen LogP contribution in [0.2, 0.25) is 0 Å².